The molecule has 1 fully saturated rings. The summed E-state index contributed by atoms with van der Waals surface area (Å²) in [6, 6.07) is 0.495. The first-order chi connectivity index (χ1) is 7.77. The smallest absolute Gasteiger partial charge is 0.0794 e. The summed E-state index contributed by atoms with van der Waals surface area (Å²) in [6.45, 7) is 5.83. The lowest BCUT2D eigenvalue weighted by Gasteiger charge is -2.30. The van der Waals surface area contributed by atoms with Crippen LogP contribution in [0.4, 0.5) is 0 Å². The molecule has 90 valence electrons. The zero-order valence-electron chi connectivity index (χ0n) is 10.1. The second kappa shape index (κ2) is 5.75. The van der Waals surface area contributed by atoms with Crippen molar-refractivity contribution in [2.45, 2.75) is 25.8 Å². The molecule has 0 bridgehead atoms. The summed E-state index contributed by atoms with van der Waals surface area (Å²) in [5, 5.41) is 3.48. The monoisotopic (exact) mass is 239 g/mol. The minimum absolute atomic E-state index is 0.495. The maximum atomic E-state index is 4.15. The average molecular weight is 239 g/mol. The number of aromatic nitrogens is 1. The minimum atomic E-state index is 0.495. The van der Waals surface area contributed by atoms with Crippen LogP contribution in [0.2, 0.25) is 0 Å². The Labute approximate surface area is 102 Å². The molecule has 0 aliphatic carbocycles. The third-order valence-corrected chi connectivity index (χ3v) is 4.42. The van der Waals surface area contributed by atoms with Gasteiger partial charge in [-0.2, -0.15) is 0 Å². The van der Waals surface area contributed by atoms with Gasteiger partial charge in [-0.25, -0.2) is 0 Å². The number of piperidine rings is 1. The van der Waals surface area contributed by atoms with Crippen LogP contribution in [-0.4, -0.2) is 36.6 Å². The van der Waals surface area contributed by atoms with Crippen molar-refractivity contribution >= 4 is 11.3 Å². The van der Waals surface area contributed by atoms with Crippen LogP contribution in [-0.2, 0) is 0 Å². The van der Waals surface area contributed by atoms with Crippen molar-refractivity contribution in [3.63, 3.8) is 0 Å². The van der Waals surface area contributed by atoms with Crippen molar-refractivity contribution in [2.24, 2.45) is 5.92 Å². The Morgan fingerprint density at radius 3 is 3.19 bits per heavy atom. The van der Waals surface area contributed by atoms with Crippen LogP contribution in [0.1, 0.15) is 30.7 Å². The van der Waals surface area contributed by atoms with Crippen molar-refractivity contribution in [2.75, 3.05) is 26.7 Å². The predicted octanol–water partition coefficient (Wildman–Crippen LogP) is 2.14. The molecule has 1 N–H and O–H groups in total. The fraction of sp³-hybridized carbons (Fsp3) is 0.750. The van der Waals surface area contributed by atoms with E-state index in [1.807, 2.05) is 11.7 Å². The van der Waals surface area contributed by atoms with Crippen molar-refractivity contribution in [3.8, 4) is 0 Å². The van der Waals surface area contributed by atoms with Crippen LogP contribution in [0, 0.1) is 5.92 Å². The van der Waals surface area contributed by atoms with Gasteiger partial charge < -0.3 is 5.32 Å². The summed E-state index contributed by atoms with van der Waals surface area (Å²) in [5.74, 6) is 0.814. The van der Waals surface area contributed by atoms with Crippen molar-refractivity contribution in [1.82, 2.24) is 15.2 Å². The first-order valence-electron chi connectivity index (χ1n) is 6.06. The van der Waals surface area contributed by atoms with E-state index in [1.54, 1.807) is 11.3 Å². The van der Waals surface area contributed by atoms with E-state index < -0.39 is 0 Å². The summed E-state index contributed by atoms with van der Waals surface area (Å²) in [6.07, 6.45) is 4.69. The highest BCUT2D eigenvalue weighted by atomic mass is 32.1. The number of rotatable bonds is 4. The van der Waals surface area contributed by atoms with Crippen LogP contribution < -0.4 is 5.32 Å². The average Bonchev–Trinajstić information content (AvgIpc) is 2.83. The van der Waals surface area contributed by atoms with Gasteiger partial charge in [-0.1, -0.05) is 0 Å². The summed E-state index contributed by atoms with van der Waals surface area (Å²) in [7, 11) is 2.22. The van der Waals surface area contributed by atoms with Crippen molar-refractivity contribution < 1.29 is 0 Å². The Hall–Kier alpha value is -0.450. The number of hydrogen-bond donors (Lipinski definition) is 1. The molecule has 4 heteroatoms. The summed E-state index contributed by atoms with van der Waals surface area (Å²) < 4.78 is 0. The third-order valence-electron chi connectivity index (χ3n) is 3.47. The third kappa shape index (κ3) is 3.03. The summed E-state index contributed by atoms with van der Waals surface area (Å²) >= 11 is 1.75. The standard InChI is InChI=1S/C12H21N3S/c1-10(12-7-14-9-16-12)15(2)8-11-4-3-5-13-6-11/h7,9-11,13H,3-6,8H2,1-2H3. The second-order valence-electron chi connectivity index (χ2n) is 4.73. The van der Waals surface area contributed by atoms with E-state index >= 15 is 0 Å². The van der Waals surface area contributed by atoms with E-state index in [-0.39, 0.29) is 0 Å². The number of nitrogens with one attached hydrogen (secondary N) is 1. The molecule has 1 saturated heterocycles. The fourth-order valence-corrected chi connectivity index (χ4v) is 3.04. The van der Waals surface area contributed by atoms with Gasteiger partial charge in [0.2, 0.25) is 0 Å². The van der Waals surface area contributed by atoms with Crippen LogP contribution in [0.15, 0.2) is 11.7 Å². The van der Waals surface area contributed by atoms with Gasteiger partial charge in [0.1, 0.15) is 0 Å². The molecule has 1 aromatic rings. The molecule has 16 heavy (non-hydrogen) atoms. The molecular formula is C12H21N3S. The molecule has 2 heterocycles. The molecule has 2 atom stereocenters. The predicted molar refractivity (Wildman–Crippen MR) is 68.8 cm³/mol. The molecule has 3 nitrogen and oxygen atoms in total. The molecule has 2 rings (SSSR count). The van der Waals surface area contributed by atoms with E-state index in [1.165, 1.54) is 37.4 Å². The molecule has 2 unspecified atom stereocenters. The minimum Gasteiger partial charge on any atom is -0.316 e. The van der Waals surface area contributed by atoms with Gasteiger partial charge >= 0.3 is 0 Å². The van der Waals surface area contributed by atoms with Gasteiger partial charge in [-0.3, -0.25) is 9.88 Å². The van der Waals surface area contributed by atoms with Crippen LogP contribution in [0.25, 0.3) is 0 Å². The lowest BCUT2D eigenvalue weighted by Crippen LogP contribution is -2.37. The first kappa shape index (κ1) is 12.0. The normalized spacial score (nSPS) is 23.6. The van der Waals surface area contributed by atoms with Crippen LogP contribution in [0.5, 0.6) is 0 Å². The maximum Gasteiger partial charge on any atom is 0.0794 e. The Bertz CT molecular complexity index is 293. The van der Waals surface area contributed by atoms with E-state index in [0.717, 1.165) is 5.92 Å². The summed E-state index contributed by atoms with van der Waals surface area (Å²) in [4.78, 5) is 7.97. The quantitative estimate of drug-likeness (QED) is 0.872. The molecule has 0 aromatic carbocycles. The highest BCUT2D eigenvalue weighted by Gasteiger charge is 2.19. The highest BCUT2D eigenvalue weighted by Crippen LogP contribution is 2.23. The molecule has 0 amide bonds. The molecule has 0 saturated carbocycles. The Kier molecular flexibility index (Phi) is 4.32. The van der Waals surface area contributed by atoms with E-state index in [0.29, 0.717) is 6.04 Å². The van der Waals surface area contributed by atoms with E-state index in [9.17, 15) is 0 Å². The molecule has 1 aliphatic rings. The van der Waals surface area contributed by atoms with Crippen LogP contribution in [0.3, 0.4) is 0 Å². The van der Waals surface area contributed by atoms with E-state index in [2.05, 4.69) is 29.2 Å². The molecule has 0 spiro atoms. The zero-order valence-corrected chi connectivity index (χ0v) is 11.0. The van der Waals surface area contributed by atoms with Crippen LogP contribution >= 0.6 is 11.3 Å². The largest absolute Gasteiger partial charge is 0.316 e. The molecular weight excluding hydrogens is 218 g/mol. The topological polar surface area (TPSA) is 28.2 Å². The first-order valence-corrected chi connectivity index (χ1v) is 6.94. The Morgan fingerprint density at radius 1 is 1.69 bits per heavy atom. The molecule has 1 aliphatic heterocycles. The van der Waals surface area contributed by atoms with Gasteiger partial charge in [0, 0.05) is 23.7 Å². The Balaban J connectivity index is 1.84. The van der Waals surface area contributed by atoms with Gasteiger partial charge in [0.05, 0.1) is 5.51 Å². The van der Waals surface area contributed by atoms with Gasteiger partial charge in [0.25, 0.3) is 0 Å². The maximum absolute atomic E-state index is 4.15. The number of nitrogens with zero attached hydrogens (tertiary/aromatic N) is 2. The highest BCUT2D eigenvalue weighted by molar-refractivity contribution is 7.09. The van der Waals surface area contributed by atoms with Gasteiger partial charge in [-0.05, 0) is 45.8 Å². The lowest BCUT2D eigenvalue weighted by atomic mass is 9.99. The SMILES string of the molecule is CC(c1cncs1)N(C)CC1CCCNC1. The number of hydrogen-bond acceptors (Lipinski definition) is 4. The van der Waals surface area contributed by atoms with Crippen molar-refractivity contribution in [3.05, 3.63) is 16.6 Å². The number of thiazole rings is 1. The van der Waals surface area contributed by atoms with Crippen molar-refractivity contribution in [1.29, 1.82) is 0 Å². The molecule has 0 radical (unpaired) electrons. The fourth-order valence-electron chi connectivity index (χ4n) is 2.29. The molecule has 1 aromatic heterocycles. The Morgan fingerprint density at radius 2 is 2.56 bits per heavy atom. The van der Waals surface area contributed by atoms with Gasteiger partial charge in [0.15, 0.2) is 0 Å². The van der Waals surface area contributed by atoms with E-state index in [4.69, 9.17) is 0 Å². The zero-order chi connectivity index (χ0) is 11.4. The lowest BCUT2D eigenvalue weighted by molar-refractivity contribution is 0.201. The second-order valence-corrected chi connectivity index (χ2v) is 5.65. The summed E-state index contributed by atoms with van der Waals surface area (Å²) in [5.41, 5.74) is 1.92. The van der Waals surface area contributed by atoms with Gasteiger partial charge in [-0.15, -0.1) is 11.3 Å².